The summed E-state index contributed by atoms with van der Waals surface area (Å²) in [5.41, 5.74) is 0.734. The highest BCUT2D eigenvalue weighted by atomic mass is 32.1. The number of allylic oxidation sites excluding steroid dienone is 3. The lowest BCUT2D eigenvalue weighted by molar-refractivity contribution is 0.0957. The Labute approximate surface area is 211 Å². The number of aromatic nitrogens is 2. The van der Waals surface area contributed by atoms with Crippen LogP contribution in [0, 0.1) is 5.82 Å². The number of anilines is 1. The summed E-state index contributed by atoms with van der Waals surface area (Å²) in [6.07, 6.45) is 8.47. The normalized spacial score (nSPS) is 14.5. The van der Waals surface area contributed by atoms with Gasteiger partial charge < -0.3 is 15.0 Å². The number of halogens is 1. The van der Waals surface area contributed by atoms with E-state index in [-0.39, 0.29) is 29.0 Å². The number of aliphatic imine (C=N–C) groups is 1. The van der Waals surface area contributed by atoms with Crippen molar-refractivity contribution in [2.24, 2.45) is 4.99 Å². The number of rotatable bonds is 8. The molecule has 0 radical (unpaired) electrons. The molecule has 4 heterocycles. The molecule has 1 fully saturated rings. The van der Waals surface area contributed by atoms with Gasteiger partial charge in [0.2, 0.25) is 5.43 Å². The molecule has 0 atom stereocenters. The highest BCUT2D eigenvalue weighted by Crippen LogP contribution is 2.32. The topological polar surface area (TPSA) is 88.3 Å². The van der Waals surface area contributed by atoms with Crippen LogP contribution in [0.15, 0.2) is 52.9 Å². The van der Waals surface area contributed by atoms with Gasteiger partial charge in [0.1, 0.15) is 10.4 Å². The van der Waals surface area contributed by atoms with Gasteiger partial charge in [0.05, 0.1) is 41.4 Å². The van der Waals surface area contributed by atoms with E-state index < -0.39 is 17.2 Å². The highest BCUT2D eigenvalue weighted by molar-refractivity contribution is 7.19. The van der Waals surface area contributed by atoms with Gasteiger partial charge in [0.15, 0.2) is 17.3 Å². The number of nitrogens with zero attached hydrogens (tertiary/aromatic N) is 4. The van der Waals surface area contributed by atoms with E-state index in [0.29, 0.717) is 42.5 Å². The average Bonchev–Trinajstić information content (AvgIpc) is 3.25. The van der Waals surface area contributed by atoms with Gasteiger partial charge in [0, 0.05) is 13.1 Å². The molecule has 3 aromatic rings. The summed E-state index contributed by atoms with van der Waals surface area (Å²) in [6.45, 7) is 14.8. The van der Waals surface area contributed by atoms with Crippen LogP contribution in [0.25, 0.3) is 28.0 Å². The number of carbonyl (C=O) groups excluding carboxylic acids is 1. The van der Waals surface area contributed by atoms with Crippen LogP contribution in [-0.2, 0) is 4.74 Å². The third-order valence-electron chi connectivity index (χ3n) is 5.73. The third-order valence-corrected chi connectivity index (χ3v) is 6.90. The number of thiazole rings is 1. The van der Waals surface area contributed by atoms with Crippen LogP contribution in [0.2, 0.25) is 0 Å². The molecular formula is C26H26FN5O3S. The average molecular weight is 508 g/mol. The molecule has 0 unspecified atom stereocenters. The van der Waals surface area contributed by atoms with Gasteiger partial charge in [0.25, 0.3) is 5.91 Å². The van der Waals surface area contributed by atoms with E-state index in [2.05, 4.69) is 35.2 Å². The summed E-state index contributed by atoms with van der Waals surface area (Å²) < 4.78 is 22.4. The summed E-state index contributed by atoms with van der Waals surface area (Å²) >= 11 is 1.24. The molecule has 4 rings (SSSR count). The van der Waals surface area contributed by atoms with Crippen molar-refractivity contribution in [3.05, 3.63) is 75.3 Å². The quantitative estimate of drug-likeness (QED) is 0.367. The van der Waals surface area contributed by atoms with Gasteiger partial charge in [-0.15, -0.1) is 11.3 Å². The second-order valence-electron chi connectivity index (χ2n) is 7.90. The largest absolute Gasteiger partial charge is 0.378 e. The number of fused-ring (bicyclic) bond motifs is 3. The van der Waals surface area contributed by atoms with Gasteiger partial charge in [-0.3, -0.25) is 19.0 Å². The maximum Gasteiger partial charge on any atom is 0.258 e. The number of amides is 1. The van der Waals surface area contributed by atoms with E-state index >= 15 is 4.39 Å². The molecule has 1 amide bonds. The first kappa shape index (κ1) is 25.2. The Morgan fingerprint density at radius 3 is 2.75 bits per heavy atom. The lowest BCUT2D eigenvalue weighted by atomic mass is 10.1. The number of carbonyl (C=O) groups is 1. The van der Waals surface area contributed by atoms with Gasteiger partial charge in [-0.05, 0) is 37.9 Å². The molecule has 0 spiro atoms. The maximum absolute atomic E-state index is 15.3. The molecular weight excluding hydrogens is 481 g/mol. The zero-order chi connectivity index (χ0) is 25.8. The monoisotopic (exact) mass is 507 g/mol. The zero-order valence-corrected chi connectivity index (χ0v) is 20.7. The Morgan fingerprint density at radius 1 is 1.36 bits per heavy atom. The molecule has 1 saturated heterocycles. The van der Waals surface area contributed by atoms with Crippen molar-refractivity contribution in [1.29, 1.82) is 0 Å². The van der Waals surface area contributed by atoms with Gasteiger partial charge in [-0.2, -0.15) is 0 Å². The summed E-state index contributed by atoms with van der Waals surface area (Å²) in [4.78, 5) is 38.3. The van der Waals surface area contributed by atoms with E-state index in [1.807, 2.05) is 19.1 Å². The minimum Gasteiger partial charge on any atom is -0.378 e. The smallest absolute Gasteiger partial charge is 0.258 e. The Hall–Kier alpha value is -3.89. The summed E-state index contributed by atoms with van der Waals surface area (Å²) in [7, 11) is 0. The zero-order valence-electron chi connectivity index (χ0n) is 19.9. The molecule has 0 aromatic carbocycles. The van der Waals surface area contributed by atoms with Crippen LogP contribution < -0.4 is 15.6 Å². The predicted molar refractivity (Wildman–Crippen MR) is 145 cm³/mol. The van der Waals surface area contributed by atoms with Crippen molar-refractivity contribution in [3.63, 3.8) is 0 Å². The molecule has 1 aliphatic rings. The van der Waals surface area contributed by atoms with E-state index in [9.17, 15) is 9.59 Å². The number of ether oxygens (including phenoxy) is 1. The van der Waals surface area contributed by atoms with Gasteiger partial charge in [-0.1, -0.05) is 25.3 Å². The van der Waals surface area contributed by atoms with Crippen LogP contribution in [0.1, 0.15) is 27.9 Å². The number of hydrogen-bond donors (Lipinski definition) is 1. The first-order valence-corrected chi connectivity index (χ1v) is 12.1. The lowest BCUT2D eigenvalue weighted by Crippen LogP contribution is -2.37. The van der Waals surface area contributed by atoms with Crippen molar-refractivity contribution in [2.45, 2.75) is 6.92 Å². The third kappa shape index (κ3) is 4.52. The summed E-state index contributed by atoms with van der Waals surface area (Å²) in [6, 6.07) is 1.16. The van der Waals surface area contributed by atoms with Gasteiger partial charge >= 0.3 is 0 Å². The summed E-state index contributed by atoms with van der Waals surface area (Å²) in [5.74, 6) is -1.10. The second-order valence-corrected chi connectivity index (χ2v) is 8.93. The van der Waals surface area contributed by atoms with Crippen molar-refractivity contribution in [2.75, 3.05) is 37.7 Å². The van der Waals surface area contributed by atoms with Crippen LogP contribution in [0.3, 0.4) is 0 Å². The molecule has 1 N–H and O–H groups in total. The molecule has 8 nitrogen and oxygen atoms in total. The number of morpholine rings is 1. The number of pyridine rings is 2. The molecule has 3 aromatic heterocycles. The Morgan fingerprint density at radius 2 is 2.11 bits per heavy atom. The van der Waals surface area contributed by atoms with Crippen LogP contribution in [0.4, 0.5) is 10.2 Å². The Bertz CT molecular complexity index is 1500. The van der Waals surface area contributed by atoms with Crippen LogP contribution in [-0.4, -0.2) is 54.9 Å². The van der Waals surface area contributed by atoms with E-state index in [1.165, 1.54) is 17.4 Å². The lowest BCUT2D eigenvalue weighted by Gasteiger charge is -2.28. The first-order chi connectivity index (χ1) is 17.4. The maximum atomic E-state index is 15.3. The fourth-order valence-electron chi connectivity index (χ4n) is 4.05. The minimum absolute atomic E-state index is 0.00928. The number of hydrogen-bond acceptors (Lipinski definition) is 7. The van der Waals surface area contributed by atoms with Crippen LogP contribution >= 0.6 is 11.3 Å². The molecule has 0 saturated carbocycles. The SMILES string of the molecule is C=C/C=C(/CNC(=O)c1c(=O)c2cc(F)c(N3CCOCC3)nc2n2c(/C=C\C)c(C=C)sc12)N=C. The summed E-state index contributed by atoms with van der Waals surface area (Å²) in [5, 5.41) is 2.72. The van der Waals surface area contributed by atoms with Crippen molar-refractivity contribution >= 4 is 57.8 Å². The fourth-order valence-corrected chi connectivity index (χ4v) is 5.17. The Kier molecular flexibility index (Phi) is 7.56. The van der Waals surface area contributed by atoms with Crippen molar-refractivity contribution in [3.8, 4) is 0 Å². The fraction of sp³-hybridized carbons (Fsp3) is 0.231. The van der Waals surface area contributed by atoms with E-state index in [4.69, 9.17) is 4.74 Å². The van der Waals surface area contributed by atoms with Crippen molar-refractivity contribution < 1.29 is 13.9 Å². The minimum atomic E-state index is -0.633. The molecule has 36 heavy (non-hydrogen) atoms. The predicted octanol–water partition coefficient (Wildman–Crippen LogP) is 4.06. The molecule has 186 valence electrons. The Balaban J connectivity index is 2.00. The molecule has 1 aliphatic heterocycles. The standard InChI is InChI=1S/C26H26FN5O3S/c1-5-8-16(28-4)15-29-25(34)21-22(33)17-14-18(27)24(31-10-12-35-13-11-31)30-23(17)32-19(9-6-2)20(7-3)36-26(21)32/h5-9,14H,1,3-4,10-13,15H2,2H3,(H,29,34)/b9-6-,16-8-. The molecule has 0 aliphatic carbocycles. The van der Waals surface area contributed by atoms with Crippen LogP contribution in [0.5, 0.6) is 0 Å². The van der Waals surface area contributed by atoms with E-state index in [0.717, 1.165) is 10.9 Å². The second kappa shape index (κ2) is 10.8. The molecule has 0 bridgehead atoms. The number of nitrogens with one attached hydrogen (secondary N) is 1. The van der Waals surface area contributed by atoms with Crippen molar-refractivity contribution in [1.82, 2.24) is 14.7 Å². The van der Waals surface area contributed by atoms with Gasteiger partial charge in [-0.25, -0.2) is 9.37 Å². The molecule has 10 heteroatoms. The highest BCUT2D eigenvalue weighted by Gasteiger charge is 2.26. The van der Waals surface area contributed by atoms with E-state index in [1.54, 1.807) is 21.5 Å². The first-order valence-electron chi connectivity index (χ1n) is 11.3.